The summed E-state index contributed by atoms with van der Waals surface area (Å²) < 4.78 is 2.11. The van der Waals surface area contributed by atoms with Crippen LogP contribution < -0.4 is 0 Å². The predicted molar refractivity (Wildman–Crippen MR) is 136 cm³/mol. The van der Waals surface area contributed by atoms with Gasteiger partial charge >= 0.3 is 0 Å². The number of likely N-dealkylation sites (tertiary alicyclic amines) is 1. The van der Waals surface area contributed by atoms with Gasteiger partial charge in [-0.25, -0.2) is 4.98 Å². The molecule has 2 aromatic heterocycles. The zero-order valence-corrected chi connectivity index (χ0v) is 20.1. The molecular formula is C29H28N6O. The molecule has 3 heterocycles. The molecule has 0 unspecified atom stereocenters. The molecule has 2 aromatic carbocycles. The second-order valence-electron chi connectivity index (χ2n) is 9.14. The summed E-state index contributed by atoms with van der Waals surface area (Å²) in [5.74, 6) is 0.168. The Bertz CT molecular complexity index is 1330. The van der Waals surface area contributed by atoms with Gasteiger partial charge in [0.2, 0.25) is 5.91 Å². The van der Waals surface area contributed by atoms with Crippen LogP contribution in [0, 0.1) is 11.3 Å². The van der Waals surface area contributed by atoms with Gasteiger partial charge in [-0.15, -0.1) is 0 Å². The largest absolute Gasteiger partial charge is 0.337 e. The second kappa shape index (κ2) is 11.0. The van der Waals surface area contributed by atoms with E-state index in [1.807, 2.05) is 72.2 Å². The van der Waals surface area contributed by atoms with E-state index in [2.05, 4.69) is 43.7 Å². The number of rotatable bonds is 9. The molecule has 0 bridgehead atoms. The second-order valence-corrected chi connectivity index (χ2v) is 9.14. The molecule has 7 nitrogen and oxygen atoms in total. The van der Waals surface area contributed by atoms with Crippen LogP contribution in [0.25, 0.3) is 0 Å². The van der Waals surface area contributed by atoms with Gasteiger partial charge in [-0.3, -0.25) is 14.7 Å². The van der Waals surface area contributed by atoms with Crippen LogP contribution in [0.1, 0.15) is 34.4 Å². The van der Waals surface area contributed by atoms with Crippen molar-refractivity contribution in [3.63, 3.8) is 0 Å². The van der Waals surface area contributed by atoms with Crippen LogP contribution in [-0.2, 0) is 31.0 Å². The monoisotopic (exact) mass is 476 g/mol. The van der Waals surface area contributed by atoms with Crippen molar-refractivity contribution in [3.8, 4) is 6.07 Å². The lowest BCUT2D eigenvalue weighted by molar-refractivity contribution is -0.133. The molecule has 1 fully saturated rings. The maximum Gasteiger partial charge on any atom is 0.240 e. The van der Waals surface area contributed by atoms with E-state index in [4.69, 9.17) is 5.26 Å². The number of amides is 1. The molecular weight excluding hydrogens is 448 g/mol. The number of nitrogens with zero attached hydrogens (tertiary/aromatic N) is 6. The summed E-state index contributed by atoms with van der Waals surface area (Å²) in [6, 6.07) is 23.7. The zero-order valence-electron chi connectivity index (χ0n) is 20.1. The highest BCUT2D eigenvalue weighted by molar-refractivity contribution is 5.84. The molecule has 180 valence electrons. The Hall–Kier alpha value is -4.28. The van der Waals surface area contributed by atoms with E-state index in [1.165, 1.54) is 0 Å². The van der Waals surface area contributed by atoms with Crippen molar-refractivity contribution < 1.29 is 4.79 Å². The molecule has 7 heteroatoms. The number of carbonyl (C=O) groups is 1. The van der Waals surface area contributed by atoms with Gasteiger partial charge in [0.05, 0.1) is 29.7 Å². The molecule has 0 spiro atoms. The standard InChI is InChI=1S/C29H28N6O/c30-15-23-8-10-25(11-9-23)19-35-22-32-17-27(35)21-34(20-26-7-4-13-31-16-26)28-12-14-33(29(28)36)18-24-5-2-1-3-6-24/h1-11,13,16-17,22,28H,12,14,18-21H2/t28-/m1/s1. The maximum atomic E-state index is 13.5. The third kappa shape index (κ3) is 5.51. The highest BCUT2D eigenvalue weighted by atomic mass is 16.2. The van der Waals surface area contributed by atoms with Crippen molar-refractivity contribution in [2.45, 2.75) is 38.6 Å². The number of benzene rings is 2. The molecule has 0 saturated carbocycles. The molecule has 1 saturated heterocycles. The minimum absolute atomic E-state index is 0.168. The quantitative estimate of drug-likeness (QED) is 0.365. The Morgan fingerprint density at radius 1 is 0.889 bits per heavy atom. The summed E-state index contributed by atoms with van der Waals surface area (Å²) in [6.07, 6.45) is 8.12. The highest BCUT2D eigenvalue weighted by Gasteiger charge is 2.36. The number of hydrogen-bond acceptors (Lipinski definition) is 5. The number of imidazole rings is 1. The van der Waals surface area contributed by atoms with E-state index in [9.17, 15) is 4.79 Å². The van der Waals surface area contributed by atoms with Crippen molar-refractivity contribution in [2.24, 2.45) is 0 Å². The molecule has 4 aromatic rings. The predicted octanol–water partition coefficient (Wildman–Crippen LogP) is 4.00. The summed E-state index contributed by atoms with van der Waals surface area (Å²) in [5.41, 5.74) is 5.00. The summed E-state index contributed by atoms with van der Waals surface area (Å²) in [5, 5.41) is 9.07. The number of pyridine rings is 1. The Balaban J connectivity index is 1.35. The first-order chi connectivity index (χ1) is 17.7. The summed E-state index contributed by atoms with van der Waals surface area (Å²) in [7, 11) is 0. The van der Waals surface area contributed by atoms with Gasteiger partial charge in [-0.1, -0.05) is 48.5 Å². The van der Waals surface area contributed by atoms with Crippen molar-refractivity contribution in [3.05, 3.63) is 120 Å². The lowest BCUT2D eigenvalue weighted by Crippen LogP contribution is -2.41. The molecule has 0 N–H and O–H groups in total. The van der Waals surface area contributed by atoms with Crippen LogP contribution >= 0.6 is 0 Å². The van der Waals surface area contributed by atoms with Crippen molar-refractivity contribution in [1.82, 2.24) is 24.3 Å². The molecule has 0 radical (unpaired) electrons. The van der Waals surface area contributed by atoms with Crippen molar-refractivity contribution in [2.75, 3.05) is 6.54 Å². The van der Waals surface area contributed by atoms with E-state index in [0.717, 1.165) is 35.3 Å². The SMILES string of the molecule is N#Cc1ccc(Cn2cncc2CN(Cc2cccnc2)[C@@H]2CCN(Cc3ccccc3)C2=O)cc1. The fourth-order valence-corrected chi connectivity index (χ4v) is 4.74. The van der Waals surface area contributed by atoms with E-state index in [1.54, 1.807) is 6.20 Å². The van der Waals surface area contributed by atoms with Gasteiger partial charge in [-0.2, -0.15) is 5.26 Å². The van der Waals surface area contributed by atoms with E-state index in [-0.39, 0.29) is 11.9 Å². The Labute approximate surface area is 211 Å². The van der Waals surface area contributed by atoms with Crippen LogP contribution in [0.2, 0.25) is 0 Å². The van der Waals surface area contributed by atoms with Crippen molar-refractivity contribution >= 4 is 5.91 Å². The van der Waals surface area contributed by atoms with Crippen LogP contribution in [-0.4, -0.2) is 42.8 Å². The van der Waals surface area contributed by atoms with Gasteiger partial charge in [-0.05, 0) is 41.3 Å². The Morgan fingerprint density at radius 3 is 2.42 bits per heavy atom. The van der Waals surface area contributed by atoms with Crippen LogP contribution in [0.15, 0.2) is 91.6 Å². The van der Waals surface area contributed by atoms with E-state index in [0.29, 0.717) is 31.7 Å². The molecule has 1 amide bonds. The number of aromatic nitrogens is 3. The number of hydrogen-bond donors (Lipinski definition) is 0. The number of carbonyl (C=O) groups excluding carboxylic acids is 1. The first kappa shape index (κ1) is 23.5. The third-order valence-electron chi connectivity index (χ3n) is 6.63. The molecule has 1 aliphatic rings. The minimum Gasteiger partial charge on any atom is -0.337 e. The van der Waals surface area contributed by atoms with Gasteiger partial charge in [0.15, 0.2) is 0 Å². The molecule has 0 aliphatic carbocycles. The Kier molecular flexibility index (Phi) is 7.15. The fraction of sp³-hybridized carbons (Fsp3) is 0.241. The van der Waals surface area contributed by atoms with Gasteiger partial charge in [0.25, 0.3) is 0 Å². The maximum absolute atomic E-state index is 13.5. The van der Waals surface area contributed by atoms with Gasteiger partial charge in [0, 0.05) is 51.3 Å². The van der Waals surface area contributed by atoms with Gasteiger partial charge in [0.1, 0.15) is 0 Å². The van der Waals surface area contributed by atoms with Gasteiger partial charge < -0.3 is 9.47 Å². The minimum atomic E-state index is -0.202. The van der Waals surface area contributed by atoms with Crippen LogP contribution in [0.3, 0.4) is 0 Å². The topological polar surface area (TPSA) is 78.1 Å². The first-order valence-corrected chi connectivity index (χ1v) is 12.1. The third-order valence-corrected chi connectivity index (χ3v) is 6.63. The van der Waals surface area contributed by atoms with Crippen LogP contribution in [0.5, 0.6) is 0 Å². The van der Waals surface area contributed by atoms with Crippen molar-refractivity contribution in [1.29, 1.82) is 5.26 Å². The summed E-state index contributed by atoms with van der Waals surface area (Å²) >= 11 is 0. The zero-order chi connectivity index (χ0) is 24.7. The average Bonchev–Trinajstić information content (AvgIpc) is 3.51. The highest BCUT2D eigenvalue weighted by Crippen LogP contribution is 2.24. The lowest BCUT2D eigenvalue weighted by atomic mass is 10.1. The average molecular weight is 477 g/mol. The summed E-state index contributed by atoms with van der Waals surface area (Å²) in [4.78, 5) is 26.4. The van der Waals surface area contributed by atoms with Crippen LogP contribution in [0.4, 0.5) is 0 Å². The van der Waals surface area contributed by atoms with E-state index >= 15 is 0 Å². The van der Waals surface area contributed by atoms with E-state index < -0.39 is 0 Å². The molecule has 1 atom stereocenters. The fourth-order valence-electron chi connectivity index (χ4n) is 4.74. The number of nitriles is 1. The summed E-state index contributed by atoms with van der Waals surface area (Å²) in [6.45, 7) is 3.26. The molecule has 36 heavy (non-hydrogen) atoms. The Morgan fingerprint density at radius 2 is 1.67 bits per heavy atom. The molecule has 1 aliphatic heterocycles. The molecule has 5 rings (SSSR count). The normalized spacial score (nSPS) is 15.4. The lowest BCUT2D eigenvalue weighted by Gasteiger charge is -2.28. The first-order valence-electron chi connectivity index (χ1n) is 12.1. The smallest absolute Gasteiger partial charge is 0.240 e.